The van der Waals surface area contributed by atoms with Crippen molar-refractivity contribution in [2.24, 2.45) is 11.8 Å². The van der Waals surface area contributed by atoms with Gasteiger partial charge in [-0.25, -0.2) is 4.98 Å². The SMILES string of the molecule is CC(C)C1CCN2c3ncccc3NC(=O)[C@@H]2C1. The number of rotatable bonds is 1. The lowest BCUT2D eigenvalue weighted by Gasteiger charge is -2.43. The smallest absolute Gasteiger partial charge is 0.247 e. The Labute approximate surface area is 107 Å². The predicted octanol–water partition coefficient (Wildman–Crippen LogP) is 2.27. The largest absolute Gasteiger partial charge is 0.343 e. The highest BCUT2D eigenvalue weighted by Gasteiger charge is 2.39. The van der Waals surface area contributed by atoms with E-state index in [2.05, 4.69) is 29.0 Å². The number of aromatic nitrogens is 1. The average molecular weight is 245 g/mol. The summed E-state index contributed by atoms with van der Waals surface area (Å²) in [4.78, 5) is 18.8. The lowest BCUT2D eigenvalue weighted by Crippen LogP contribution is -2.53. The highest BCUT2D eigenvalue weighted by Crippen LogP contribution is 2.37. The number of hydrogen-bond donors (Lipinski definition) is 1. The third-order valence-electron chi connectivity index (χ3n) is 4.21. The van der Waals surface area contributed by atoms with Gasteiger partial charge in [0.15, 0.2) is 5.82 Å². The summed E-state index contributed by atoms with van der Waals surface area (Å²) in [6, 6.07) is 3.75. The van der Waals surface area contributed by atoms with Crippen LogP contribution in [0.1, 0.15) is 26.7 Å². The van der Waals surface area contributed by atoms with Crippen molar-refractivity contribution in [2.45, 2.75) is 32.7 Å². The van der Waals surface area contributed by atoms with Gasteiger partial charge < -0.3 is 10.2 Å². The van der Waals surface area contributed by atoms with Crippen LogP contribution in [-0.4, -0.2) is 23.5 Å². The highest BCUT2D eigenvalue weighted by atomic mass is 16.2. The number of amides is 1. The minimum atomic E-state index is -0.0338. The molecular weight excluding hydrogens is 226 g/mol. The fourth-order valence-electron chi connectivity index (χ4n) is 3.04. The van der Waals surface area contributed by atoms with E-state index in [1.807, 2.05) is 12.1 Å². The Morgan fingerprint density at radius 1 is 1.50 bits per heavy atom. The zero-order chi connectivity index (χ0) is 12.7. The highest BCUT2D eigenvalue weighted by molar-refractivity contribution is 6.02. The maximum Gasteiger partial charge on any atom is 0.247 e. The molecule has 1 unspecified atom stereocenters. The van der Waals surface area contributed by atoms with E-state index in [9.17, 15) is 4.79 Å². The Hall–Kier alpha value is -1.58. The molecule has 3 heterocycles. The number of piperidine rings is 1. The van der Waals surface area contributed by atoms with Crippen molar-refractivity contribution in [3.8, 4) is 0 Å². The van der Waals surface area contributed by atoms with E-state index in [1.54, 1.807) is 6.20 Å². The monoisotopic (exact) mass is 245 g/mol. The maximum atomic E-state index is 12.2. The van der Waals surface area contributed by atoms with E-state index in [-0.39, 0.29) is 11.9 Å². The van der Waals surface area contributed by atoms with Crippen molar-refractivity contribution in [2.75, 3.05) is 16.8 Å². The zero-order valence-corrected chi connectivity index (χ0v) is 10.9. The second-order valence-electron chi connectivity index (χ2n) is 5.60. The summed E-state index contributed by atoms with van der Waals surface area (Å²) >= 11 is 0. The van der Waals surface area contributed by atoms with Crippen LogP contribution in [0.3, 0.4) is 0 Å². The minimum Gasteiger partial charge on any atom is -0.343 e. The lowest BCUT2D eigenvalue weighted by atomic mass is 9.82. The second-order valence-corrected chi connectivity index (χ2v) is 5.60. The molecule has 2 atom stereocenters. The molecule has 0 spiro atoms. The van der Waals surface area contributed by atoms with Gasteiger partial charge in [-0.15, -0.1) is 0 Å². The van der Waals surface area contributed by atoms with Crippen molar-refractivity contribution < 1.29 is 4.79 Å². The van der Waals surface area contributed by atoms with Gasteiger partial charge in [-0.05, 0) is 36.8 Å². The van der Waals surface area contributed by atoms with Crippen LogP contribution in [0.2, 0.25) is 0 Å². The molecule has 1 saturated heterocycles. The summed E-state index contributed by atoms with van der Waals surface area (Å²) in [6.45, 7) is 5.42. The number of pyridine rings is 1. The molecule has 4 nitrogen and oxygen atoms in total. The average Bonchev–Trinajstić information content (AvgIpc) is 2.38. The molecule has 0 aliphatic carbocycles. The Bertz CT molecular complexity index is 472. The van der Waals surface area contributed by atoms with Crippen LogP contribution in [0, 0.1) is 11.8 Å². The van der Waals surface area contributed by atoms with Crippen molar-refractivity contribution in [3.05, 3.63) is 18.3 Å². The molecule has 2 aliphatic rings. The lowest BCUT2D eigenvalue weighted by molar-refractivity contribution is -0.118. The van der Waals surface area contributed by atoms with Crippen molar-refractivity contribution in [3.63, 3.8) is 0 Å². The van der Waals surface area contributed by atoms with E-state index in [0.717, 1.165) is 30.9 Å². The first-order valence-electron chi connectivity index (χ1n) is 6.69. The fourth-order valence-corrected chi connectivity index (χ4v) is 3.04. The van der Waals surface area contributed by atoms with Crippen LogP contribution in [-0.2, 0) is 4.79 Å². The third kappa shape index (κ3) is 1.76. The van der Waals surface area contributed by atoms with Gasteiger partial charge in [0, 0.05) is 12.7 Å². The topological polar surface area (TPSA) is 45.2 Å². The van der Waals surface area contributed by atoms with Gasteiger partial charge in [0.1, 0.15) is 6.04 Å². The van der Waals surface area contributed by atoms with Crippen molar-refractivity contribution in [1.29, 1.82) is 0 Å². The first-order chi connectivity index (χ1) is 8.66. The maximum absolute atomic E-state index is 12.2. The molecule has 4 heteroatoms. The summed E-state index contributed by atoms with van der Waals surface area (Å²) in [5, 5.41) is 2.98. The molecule has 2 aliphatic heterocycles. The number of nitrogens with one attached hydrogen (secondary N) is 1. The molecule has 0 bridgehead atoms. The van der Waals surface area contributed by atoms with Crippen molar-refractivity contribution >= 4 is 17.4 Å². The molecule has 3 rings (SSSR count). The van der Waals surface area contributed by atoms with E-state index >= 15 is 0 Å². The summed E-state index contributed by atoms with van der Waals surface area (Å²) in [6.07, 6.45) is 3.89. The Balaban J connectivity index is 1.91. The number of anilines is 2. The minimum absolute atomic E-state index is 0.0338. The number of hydrogen-bond acceptors (Lipinski definition) is 3. The summed E-state index contributed by atoms with van der Waals surface area (Å²) in [5.41, 5.74) is 0.849. The molecule has 1 aromatic rings. The molecule has 1 N–H and O–H groups in total. The van der Waals surface area contributed by atoms with Crippen LogP contribution < -0.4 is 10.2 Å². The van der Waals surface area contributed by atoms with Crippen LogP contribution in [0.15, 0.2) is 18.3 Å². The van der Waals surface area contributed by atoms with Crippen LogP contribution in [0.5, 0.6) is 0 Å². The first-order valence-corrected chi connectivity index (χ1v) is 6.69. The number of nitrogens with zero attached hydrogens (tertiary/aromatic N) is 2. The quantitative estimate of drug-likeness (QED) is 0.825. The number of carbonyl (C=O) groups is 1. The summed E-state index contributed by atoms with van der Waals surface area (Å²) < 4.78 is 0. The molecule has 1 aromatic heterocycles. The van der Waals surface area contributed by atoms with Crippen LogP contribution in [0.4, 0.5) is 11.5 Å². The third-order valence-corrected chi connectivity index (χ3v) is 4.21. The Morgan fingerprint density at radius 3 is 3.11 bits per heavy atom. The van der Waals surface area contributed by atoms with Gasteiger partial charge in [-0.3, -0.25) is 4.79 Å². The fraction of sp³-hybridized carbons (Fsp3) is 0.571. The summed E-state index contributed by atoms with van der Waals surface area (Å²) in [5.74, 6) is 2.34. The van der Waals surface area contributed by atoms with E-state index in [1.165, 1.54) is 0 Å². The van der Waals surface area contributed by atoms with Crippen LogP contribution in [0.25, 0.3) is 0 Å². The normalized spacial score (nSPS) is 26.6. The second kappa shape index (κ2) is 4.26. The van der Waals surface area contributed by atoms with Gasteiger partial charge >= 0.3 is 0 Å². The zero-order valence-electron chi connectivity index (χ0n) is 10.9. The molecule has 0 saturated carbocycles. The van der Waals surface area contributed by atoms with Gasteiger partial charge in [0.05, 0.1) is 5.69 Å². The van der Waals surface area contributed by atoms with Gasteiger partial charge in [0.25, 0.3) is 0 Å². The standard InChI is InChI=1S/C14H19N3O/c1-9(2)10-5-7-17-12(8-10)14(18)16-11-4-3-6-15-13(11)17/h3-4,6,9-10,12H,5,7-8H2,1-2H3,(H,16,18)/t10?,12-/m0/s1. The van der Waals surface area contributed by atoms with Gasteiger partial charge in [-0.2, -0.15) is 0 Å². The number of fused-ring (bicyclic) bond motifs is 3. The van der Waals surface area contributed by atoms with Gasteiger partial charge in [0.2, 0.25) is 5.91 Å². The van der Waals surface area contributed by atoms with Crippen LogP contribution >= 0.6 is 0 Å². The molecule has 18 heavy (non-hydrogen) atoms. The summed E-state index contributed by atoms with van der Waals surface area (Å²) in [7, 11) is 0. The molecular formula is C14H19N3O. The van der Waals surface area contributed by atoms with Gasteiger partial charge in [-0.1, -0.05) is 13.8 Å². The Morgan fingerprint density at radius 2 is 2.33 bits per heavy atom. The van der Waals surface area contributed by atoms with E-state index in [0.29, 0.717) is 11.8 Å². The number of carbonyl (C=O) groups excluding carboxylic acids is 1. The molecule has 0 radical (unpaired) electrons. The molecule has 1 fully saturated rings. The van der Waals surface area contributed by atoms with E-state index in [4.69, 9.17) is 0 Å². The van der Waals surface area contributed by atoms with E-state index < -0.39 is 0 Å². The first kappa shape index (κ1) is 11.5. The molecule has 96 valence electrons. The molecule has 0 aromatic carbocycles. The molecule has 1 amide bonds. The predicted molar refractivity (Wildman–Crippen MR) is 71.6 cm³/mol. The van der Waals surface area contributed by atoms with Crippen molar-refractivity contribution in [1.82, 2.24) is 4.98 Å². The Kier molecular flexibility index (Phi) is 2.73.